The highest BCUT2D eigenvalue weighted by Gasteiger charge is 2.54. The fraction of sp³-hybridized carbons (Fsp3) is 0.571. The third-order valence-corrected chi connectivity index (χ3v) is 6.52. The molecule has 2 aliphatic heterocycles. The van der Waals surface area contributed by atoms with Crippen molar-refractivity contribution in [3.8, 4) is 11.5 Å². The molecule has 3 aliphatic rings. The third-order valence-electron chi connectivity index (χ3n) is 6.52. The summed E-state index contributed by atoms with van der Waals surface area (Å²) in [6.45, 7) is 9.36. The molecule has 0 spiro atoms. The molecular weight excluding hydrogens is 332 g/mol. The Morgan fingerprint density at radius 1 is 1.27 bits per heavy atom. The van der Waals surface area contributed by atoms with E-state index in [-0.39, 0.29) is 30.2 Å². The molecule has 0 amide bonds. The number of esters is 1. The molecule has 2 heterocycles. The van der Waals surface area contributed by atoms with Gasteiger partial charge in [0.05, 0.1) is 19.3 Å². The summed E-state index contributed by atoms with van der Waals surface area (Å²) >= 11 is 0. The quantitative estimate of drug-likeness (QED) is 0.606. The van der Waals surface area contributed by atoms with Crippen LogP contribution in [0.15, 0.2) is 29.8 Å². The maximum Gasteiger partial charge on any atom is 0.302 e. The Kier molecular flexibility index (Phi) is 4.22. The standard InChI is InChI=1S/C21H26O5/c1-12-7-13(2)21(9-23-15(4)22)10-24-20(19(12)14(21)3)16-5-6-17-18(8-16)26-11-25-17/h5-8,13-14,19-20H,9-11H2,1-4H3/t13-,14+,19-,20+,21-/m1/s1. The topological polar surface area (TPSA) is 54.0 Å². The number of carbonyl (C=O) groups excluding carboxylic acids is 1. The van der Waals surface area contributed by atoms with Crippen molar-refractivity contribution < 1.29 is 23.7 Å². The van der Waals surface area contributed by atoms with Crippen LogP contribution in [0.1, 0.15) is 39.4 Å². The van der Waals surface area contributed by atoms with Crippen LogP contribution in [-0.4, -0.2) is 26.0 Å². The van der Waals surface area contributed by atoms with E-state index in [0.29, 0.717) is 25.0 Å². The van der Waals surface area contributed by atoms with E-state index in [2.05, 4.69) is 32.9 Å². The van der Waals surface area contributed by atoms with E-state index in [9.17, 15) is 4.79 Å². The van der Waals surface area contributed by atoms with Gasteiger partial charge in [-0.3, -0.25) is 4.79 Å². The molecule has 1 aromatic carbocycles. The molecule has 26 heavy (non-hydrogen) atoms. The van der Waals surface area contributed by atoms with Gasteiger partial charge in [-0.15, -0.1) is 0 Å². The number of carbonyl (C=O) groups is 1. The number of hydrogen-bond acceptors (Lipinski definition) is 5. The fourth-order valence-corrected chi connectivity index (χ4v) is 4.88. The summed E-state index contributed by atoms with van der Waals surface area (Å²) < 4.78 is 22.8. The Morgan fingerprint density at radius 2 is 2.04 bits per heavy atom. The van der Waals surface area contributed by atoms with E-state index in [1.807, 2.05) is 12.1 Å². The summed E-state index contributed by atoms with van der Waals surface area (Å²) in [5.74, 6) is 2.21. The summed E-state index contributed by atoms with van der Waals surface area (Å²) in [5, 5.41) is 0. The molecule has 0 N–H and O–H groups in total. The minimum atomic E-state index is -0.237. The molecule has 1 saturated heterocycles. The molecule has 5 atom stereocenters. The van der Waals surface area contributed by atoms with Crippen molar-refractivity contribution in [3.63, 3.8) is 0 Å². The Labute approximate surface area is 154 Å². The van der Waals surface area contributed by atoms with Crippen LogP contribution >= 0.6 is 0 Å². The zero-order chi connectivity index (χ0) is 18.5. The van der Waals surface area contributed by atoms with Crippen LogP contribution in [0.25, 0.3) is 0 Å². The van der Waals surface area contributed by atoms with Crippen LogP contribution in [0, 0.1) is 23.2 Å². The highest BCUT2D eigenvalue weighted by atomic mass is 16.7. The molecule has 5 heteroatoms. The lowest BCUT2D eigenvalue weighted by atomic mass is 9.56. The number of rotatable bonds is 3. The van der Waals surface area contributed by atoms with Crippen molar-refractivity contribution in [1.82, 2.24) is 0 Å². The van der Waals surface area contributed by atoms with Crippen molar-refractivity contribution in [1.29, 1.82) is 0 Å². The number of hydrogen-bond donors (Lipinski definition) is 0. The average molecular weight is 358 g/mol. The first-order valence-electron chi connectivity index (χ1n) is 9.25. The molecule has 4 rings (SSSR count). The zero-order valence-electron chi connectivity index (χ0n) is 15.8. The maximum absolute atomic E-state index is 11.4. The van der Waals surface area contributed by atoms with Crippen LogP contribution in [0.5, 0.6) is 11.5 Å². The first kappa shape index (κ1) is 17.4. The van der Waals surface area contributed by atoms with E-state index < -0.39 is 0 Å². The van der Waals surface area contributed by atoms with Gasteiger partial charge in [-0.2, -0.15) is 0 Å². The van der Waals surface area contributed by atoms with Gasteiger partial charge in [-0.25, -0.2) is 0 Å². The van der Waals surface area contributed by atoms with Gasteiger partial charge >= 0.3 is 5.97 Å². The molecule has 1 aliphatic carbocycles. The van der Waals surface area contributed by atoms with Gasteiger partial charge in [0.15, 0.2) is 11.5 Å². The van der Waals surface area contributed by atoms with Crippen LogP contribution in [-0.2, 0) is 14.3 Å². The summed E-state index contributed by atoms with van der Waals surface area (Å²) in [6.07, 6.45) is 2.30. The van der Waals surface area contributed by atoms with E-state index in [1.165, 1.54) is 12.5 Å². The lowest BCUT2D eigenvalue weighted by Crippen LogP contribution is -2.54. The molecule has 0 radical (unpaired) electrons. The van der Waals surface area contributed by atoms with Crippen molar-refractivity contribution in [2.24, 2.45) is 23.2 Å². The highest BCUT2D eigenvalue weighted by molar-refractivity contribution is 5.66. The number of fused-ring (bicyclic) bond motifs is 3. The van der Waals surface area contributed by atoms with Gasteiger partial charge in [0.2, 0.25) is 6.79 Å². The predicted molar refractivity (Wildman–Crippen MR) is 95.9 cm³/mol. The zero-order valence-corrected chi connectivity index (χ0v) is 15.8. The van der Waals surface area contributed by atoms with Gasteiger partial charge < -0.3 is 18.9 Å². The summed E-state index contributed by atoms with van der Waals surface area (Å²) in [7, 11) is 0. The molecule has 0 aromatic heterocycles. The number of benzene rings is 1. The second kappa shape index (κ2) is 6.31. The van der Waals surface area contributed by atoms with Crippen LogP contribution in [0.3, 0.4) is 0 Å². The van der Waals surface area contributed by atoms with E-state index in [0.717, 1.165) is 17.1 Å². The van der Waals surface area contributed by atoms with Crippen LogP contribution in [0.4, 0.5) is 0 Å². The lowest BCUT2D eigenvalue weighted by Gasteiger charge is -2.55. The summed E-state index contributed by atoms with van der Waals surface area (Å²) in [4.78, 5) is 11.4. The largest absolute Gasteiger partial charge is 0.465 e. The SMILES string of the molecule is CC(=O)OC[C@@]12CO[C@@H](c3ccc4c(c3)OCO4)[C@H](C(C)=C[C@H]1C)[C@@H]2C. The Balaban J connectivity index is 1.67. The van der Waals surface area contributed by atoms with Gasteiger partial charge in [0.25, 0.3) is 0 Å². The highest BCUT2D eigenvalue weighted by Crippen LogP contribution is 2.56. The molecule has 2 bridgehead atoms. The van der Waals surface area contributed by atoms with Crippen LogP contribution < -0.4 is 9.47 Å². The van der Waals surface area contributed by atoms with Gasteiger partial charge in [0, 0.05) is 18.3 Å². The predicted octanol–water partition coefficient (Wildman–Crippen LogP) is 3.88. The molecule has 1 fully saturated rings. The molecule has 1 aromatic rings. The second-order valence-corrected chi connectivity index (χ2v) is 7.87. The first-order chi connectivity index (χ1) is 12.4. The molecule has 140 valence electrons. The van der Waals surface area contributed by atoms with Gasteiger partial charge in [-0.05, 0) is 36.5 Å². The third kappa shape index (κ3) is 2.60. The van der Waals surface area contributed by atoms with Crippen molar-refractivity contribution in [2.75, 3.05) is 20.0 Å². The van der Waals surface area contributed by atoms with Crippen molar-refractivity contribution in [3.05, 3.63) is 35.4 Å². The van der Waals surface area contributed by atoms with Crippen molar-refractivity contribution >= 4 is 5.97 Å². The summed E-state index contributed by atoms with van der Waals surface area (Å²) in [6, 6.07) is 6.05. The minimum absolute atomic E-state index is 0.0336. The Hall–Kier alpha value is -2.01. The first-order valence-corrected chi connectivity index (χ1v) is 9.25. The summed E-state index contributed by atoms with van der Waals surface area (Å²) in [5.41, 5.74) is 2.27. The second-order valence-electron chi connectivity index (χ2n) is 7.87. The smallest absolute Gasteiger partial charge is 0.302 e. The average Bonchev–Trinajstić information content (AvgIpc) is 3.06. The van der Waals surface area contributed by atoms with Crippen molar-refractivity contribution in [2.45, 2.75) is 33.8 Å². The lowest BCUT2D eigenvalue weighted by molar-refractivity contribution is -0.180. The number of allylic oxidation sites excluding steroid dienone is 1. The van der Waals surface area contributed by atoms with E-state index in [1.54, 1.807) is 0 Å². The van der Waals surface area contributed by atoms with E-state index in [4.69, 9.17) is 18.9 Å². The molecule has 0 unspecified atom stereocenters. The minimum Gasteiger partial charge on any atom is -0.465 e. The Bertz CT molecular complexity index is 755. The van der Waals surface area contributed by atoms with Gasteiger partial charge in [-0.1, -0.05) is 31.6 Å². The van der Waals surface area contributed by atoms with E-state index >= 15 is 0 Å². The number of ether oxygens (including phenoxy) is 4. The monoisotopic (exact) mass is 358 g/mol. The normalized spacial score (nSPS) is 35.0. The molecular formula is C21H26O5. The molecule has 5 nitrogen and oxygen atoms in total. The fourth-order valence-electron chi connectivity index (χ4n) is 4.88. The van der Waals surface area contributed by atoms with Crippen LogP contribution in [0.2, 0.25) is 0 Å². The Morgan fingerprint density at radius 3 is 2.81 bits per heavy atom. The molecule has 0 saturated carbocycles. The van der Waals surface area contributed by atoms with Gasteiger partial charge in [0.1, 0.15) is 0 Å². The maximum atomic E-state index is 11.4.